The smallest absolute Gasteiger partial charge is 0.199 e. The monoisotopic (exact) mass is 395 g/mol. The molecule has 2 heterocycles. The SMILES string of the molecule is COc1ccc(N2CCN(Cn3nc(-c4ccccc4)n(C)c3=S)CC2)cc1. The summed E-state index contributed by atoms with van der Waals surface area (Å²) >= 11 is 5.62. The van der Waals surface area contributed by atoms with Crippen LogP contribution < -0.4 is 9.64 Å². The fourth-order valence-corrected chi connectivity index (χ4v) is 3.73. The molecule has 0 saturated carbocycles. The van der Waals surface area contributed by atoms with Crippen LogP contribution in [0, 0.1) is 4.77 Å². The summed E-state index contributed by atoms with van der Waals surface area (Å²) in [6.07, 6.45) is 0. The van der Waals surface area contributed by atoms with Gasteiger partial charge in [-0.25, -0.2) is 4.68 Å². The van der Waals surface area contributed by atoms with Crippen molar-refractivity contribution in [2.75, 3.05) is 38.2 Å². The molecular weight excluding hydrogens is 370 g/mol. The molecule has 0 atom stereocenters. The first-order chi connectivity index (χ1) is 13.7. The molecule has 0 amide bonds. The van der Waals surface area contributed by atoms with E-state index < -0.39 is 0 Å². The maximum absolute atomic E-state index is 5.62. The molecular formula is C21H25N5OS. The molecule has 28 heavy (non-hydrogen) atoms. The Bertz CT molecular complexity index is 972. The summed E-state index contributed by atoms with van der Waals surface area (Å²) in [6.45, 7) is 4.64. The van der Waals surface area contributed by atoms with E-state index in [0.29, 0.717) is 0 Å². The quantitative estimate of drug-likeness (QED) is 0.619. The first-order valence-corrected chi connectivity index (χ1v) is 9.87. The van der Waals surface area contributed by atoms with E-state index in [4.69, 9.17) is 22.1 Å². The second kappa shape index (κ2) is 8.16. The Morgan fingerprint density at radius 1 is 0.964 bits per heavy atom. The first kappa shape index (κ1) is 18.7. The highest BCUT2D eigenvalue weighted by molar-refractivity contribution is 7.71. The van der Waals surface area contributed by atoms with Crippen LogP contribution in [0.5, 0.6) is 5.75 Å². The zero-order valence-electron chi connectivity index (χ0n) is 16.3. The minimum Gasteiger partial charge on any atom is -0.497 e. The third kappa shape index (κ3) is 3.81. The van der Waals surface area contributed by atoms with Crippen LogP contribution in [0.1, 0.15) is 0 Å². The molecule has 0 aliphatic carbocycles. The first-order valence-electron chi connectivity index (χ1n) is 9.46. The molecule has 4 rings (SSSR count). The number of hydrogen-bond donors (Lipinski definition) is 0. The molecule has 1 fully saturated rings. The summed E-state index contributed by atoms with van der Waals surface area (Å²) in [5.41, 5.74) is 2.32. The van der Waals surface area contributed by atoms with Crippen LogP contribution in [0.2, 0.25) is 0 Å². The molecule has 1 aliphatic heterocycles. The molecule has 7 heteroatoms. The molecule has 0 radical (unpaired) electrons. The summed E-state index contributed by atoms with van der Waals surface area (Å²) in [4.78, 5) is 4.81. The Morgan fingerprint density at radius 3 is 2.29 bits per heavy atom. The molecule has 2 aromatic carbocycles. The van der Waals surface area contributed by atoms with Gasteiger partial charge in [0.2, 0.25) is 0 Å². The van der Waals surface area contributed by atoms with E-state index >= 15 is 0 Å². The third-order valence-corrected chi connectivity index (χ3v) is 5.70. The number of aromatic nitrogens is 3. The van der Waals surface area contributed by atoms with E-state index in [0.717, 1.165) is 54.8 Å². The largest absolute Gasteiger partial charge is 0.497 e. The van der Waals surface area contributed by atoms with Crippen molar-refractivity contribution in [3.05, 3.63) is 59.4 Å². The van der Waals surface area contributed by atoms with Gasteiger partial charge >= 0.3 is 0 Å². The fraction of sp³-hybridized carbons (Fsp3) is 0.333. The normalized spacial score (nSPS) is 15.0. The van der Waals surface area contributed by atoms with Crippen LogP contribution in [-0.4, -0.2) is 52.5 Å². The number of benzene rings is 2. The lowest BCUT2D eigenvalue weighted by molar-refractivity contribution is 0.194. The summed E-state index contributed by atoms with van der Waals surface area (Å²) in [5, 5.41) is 4.78. The van der Waals surface area contributed by atoms with Gasteiger partial charge in [-0.15, -0.1) is 0 Å². The highest BCUT2D eigenvalue weighted by Gasteiger charge is 2.19. The maximum atomic E-state index is 5.62. The number of nitrogens with zero attached hydrogens (tertiary/aromatic N) is 5. The highest BCUT2D eigenvalue weighted by Crippen LogP contribution is 2.21. The van der Waals surface area contributed by atoms with Gasteiger partial charge in [0.25, 0.3) is 0 Å². The van der Waals surface area contributed by atoms with Crippen LogP contribution in [0.25, 0.3) is 11.4 Å². The number of rotatable bonds is 5. The van der Waals surface area contributed by atoms with Crippen LogP contribution in [-0.2, 0) is 13.7 Å². The second-order valence-electron chi connectivity index (χ2n) is 6.98. The lowest BCUT2D eigenvalue weighted by Crippen LogP contribution is -2.47. The standard InChI is InChI=1S/C21H25N5OS/c1-23-20(17-6-4-3-5-7-17)22-26(21(23)28)16-24-12-14-25(15-13-24)18-8-10-19(27-2)11-9-18/h3-11H,12-16H2,1-2H3. The van der Waals surface area contributed by atoms with Crippen molar-refractivity contribution in [3.63, 3.8) is 0 Å². The fourth-order valence-electron chi connectivity index (χ4n) is 3.55. The molecule has 3 aromatic rings. The van der Waals surface area contributed by atoms with Gasteiger partial charge < -0.3 is 14.2 Å². The van der Waals surface area contributed by atoms with Crippen molar-refractivity contribution >= 4 is 17.9 Å². The van der Waals surface area contributed by atoms with E-state index in [1.807, 2.05) is 46.6 Å². The summed E-state index contributed by atoms with van der Waals surface area (Å²) in [7, 11) is 3.68. The molecule has 0 N–H and O–H groups in total. The van der Waals surface area contributed by atoms with Gasteiger partial charge in [-0.05, 0) is 36.5 Å². The number of methoxy groups -OCH3 is 1. The van der Waals surface area contributed by atoms with E-state index in [1.165, 1.54) is 5.69 Å². The molecule has 0 bridgehead atoms. The van der Waals surface area contributed by atoms with Gasteiger partial charge in [-0.1, -0.05) is 30.3 Å². The summed E-state index contributed by atoms with van der Waals surface area (Å²) in [5.74, 6) is 1.80. The van der Waals surface area contributed by atoms with Gasteiger partial charge in [0.15, 0.2) is 10.6 Å². The van der Waals surface area contributed by atoms with Gasteiger partial charge in [-0.2, -0.15) is 5.10 Å². The van der Waals surface area contributed by atoms with Crippen molar-refractivity contribution in [2.45, 2.75) is 6.67 Å². The van der Waals surface area contributed by atoms with Crippen molar-refractivity contribution in [2.24, 2.45) is 7.05 Å². The van der Waals surface area contributed by atoms with Crippen molar-refractivity contribution < 1.29 is 4.74 Å². The number of hydrogen-bond acceptors (Lipinski definition) is 5. The third-order valence-electron chi connectivity index (χ3n) is 5.22. The van der Waals surface area contributed by atoms with Crippen molar-refractivity contribution in [1.82, 2.24) is 19.2 Å². The molecule has 146 valence electrons. The molecule has 6 nitrogen and oxygen atoms in total. The van der Waals surface area contributed by atoms with Crippen molar-refractivity contribution in [3.8, 4) is 17.1 Å². The van der Waals surface area contributed by atoms with E-state index in [9.17, 15) is 0 Å². The van der Waals surface area contributed by atoms with Gasteiger partial charge in [-0.3, -0.25) is 4.90 Å². The number of ether oxygens (including phenoxy) is 1. The Morgan fingerprint density at radius 2 is 1.64 bits per heavy atom. The molecule has 0 unspecified atom stereocenters. The van der Waals surface area contributed by atoms with Crippen LogP contribution in [0.3, 0.4) is 0 Å². The Balaban J connectivity index is 1.42. The van der Waals surface area contributed by atoms with Gasteiger partial charge in [0.1, 0.15) is 5.75 Å². The van der Waals surface area contributed by atoms with Gasteiger partial charge in [0.05, 0.1) is 13.8 Å². The molecule has 1 saturated heterocycles. The molecule has 0 spiro atoms. The average Bonchev–Trinajstić information content (AvgIpc) is 3.03. The predicted octanol–water partition coefficient (Wildman–Crippen LogP) is 3.41. The predicted molar refractivity (Wildman–Crippen MR) is 114 cm³/mol. The zero-order valence-corrected chi connectivity index (χ0v) is 17.1. The van der Waals surface area contributed by atoms with E-state index in [1.54, 1.807) is 7.11 Å². The van der Waals surface area contributed by atoms with E-state index in [-0.39, 0.29) is 0 Å². The highest BCUT2D eigenvalue weighted by atomic mass is 32.1. The Labute approximate surface area is 170 Å². The minimum absolute atomic E-state index is 0.718. The Kier molecular flexibility index (Phi) is 5.45. The van der Waals surface area contributed by atoms with Crippen LogP contribution in [0.15, 0.2) is 54.6 Å². The average molecular weight is 396 g/mol. The lowest BCUT2D eigenvalue weighted by atomic mass is 10.2. The van der Waals surface area contributed by atoms with Gasteiger partial charge in [0, 0.05) is 44.5 Å². The molecule has 1 aromatic heterocycles. The maximum Gasteiger partial charge on any atom is 0.199 e. The second-order valence-corrected chi connectivity index (χ2v) is 7.34. The Hall–Kier alpha value is -2.64. The van der Waals surface area contributed by atoms with Crippen molar-refractivity contribution in [1.29, 1.82) is 0 Å². The zero-order chi connectivity index (χ0) is 19.5. The minimum atomic E-state index is 0.718. The number of piperazine rings is 1. The topological polar surface area (TPSA) is 38.5 Å². The number of anilines is 1. The van der Waals surface area contributed by atoms with E-state index in [2.05, 4.69) is 34.1 Å². The molecule has 1 aliphatic rings. The van der Waals surface area contributed by atoms with Crippen LogP contribution >= 0.6 is 12.2 Å². The summed E-state index contributed by atoms with van der Waals surface area (Å²) < 4.78 is 9.91. The lowest BCUT2D eigenvalue weighted by Gasteiger charge is -2.35. The summed E-state index contributed by atoms with van der Waals surface area (Å²) in [6, 6.07) is 18.5. The van der Waals surface area contributed by atoms with Crippen LogP contribution in [0.4, 0.5) is 5.69 Å².